The maximum absolute atomic E-state index is 12.4. The number of halogens is 1. The van der Waals surface area contributed by atoms with Gasteiger partial charge < -0.3 is 15.4 Å². The summed E-state index contributed by atoms with van der Waals surface area (Å²) in [7, 11) is 1.52. The summed E-state index contributed by atoms with van der Waals surface area (Å²) < 4.78 is 5.09. The van der Waals surface area contributed by atoms with Crippen molar-refractivity contribution in [3.05, 3.63) is 88.4 Å². The van der Waals surface area contributed by atoms with Crippen molar-refractivity contribution < 1.29 is 14.3 Å². The number of benzene rings is 3. The van der Waals surface area contributed by atoms with E-state index in [0.29, 0.717) is 27.6 Å². The van der Waals surface area contributed by atoms with Gasteiger partial charge in [-0.2, -0.15) is 0 Å². The van der Waals surface area contributed by atoms with Gasteiger partial charge in [0, 0.05) is 22.5 Å². The minimum Gasteiger partial charge on any atom is -0.495 e. The zero-order valence-corrected chi connectivity index (χ0v) is 16.2. The van der Waals surface area contributed by atoms with Crippen LogP contribution in [0.2, 0.25) is 5.02 Å². The molecule has 6 heteroatoms. The summed E-state index contributed by atoms with van der Waals surface area (Å²) in [5, 5.41) is 6.01. The SMILES string of the molecule is COc1ccc(NC(=O)c2ccc(C(=O)Nc3cccc(C)c3)cc2)cc1Cl. The van der Waals surface area contributed by atoms with E-state index in [2.05, 4.69) is 10.6 Å². The van der Waals surface area contributed by atoms with Crippen LogP contribution in [0.3, 0.4) is 0 Å². The maximum atomic E-state index is 12.4. The van der Waals surface area contributed by atoms with Crippen molar-refractivity contribution in [2.24, 2.45) is 0 Å². The number of aryl methyl sites for hydroxylation is 1. The van der Waals surface area contributed by atoms with E-state index in [4.69, 9.17) is 16.3 Å². The van der Waals surface area contributed by atoms with Gasteiger partial charge in [0.1, 0.15) is 5.75 Å². The number of hydrogen-bond acceptors (Lipinski definition) is 3. The fourth-order valence-electron chi connectivity index (χ4n) is 2.65. The van der Waals surface area contributed by atoms with Crippen LogP contribution in [0.4, 0.5) is 11.4 Å². The molecule has 0 bridgehead atoms. The Hall–Kier alpha value is -3.31. The molecule has 0 fully saturated rings. The van der Waals surface area contributed by atoms with Crippen LogP contribution in [0, 0.1) is 6.92 Å². The van der Waals surface area contributed by atoms with E-state index in [1.165, 1.54) is 7.11 Å². The third-order valence-corrected chi connectivity index (χ3v) is 4.39. The minimum absolute atomic E-state index is 0.237. The normalized spacial score (nSPS) is 10.2. The number of carbonyl (C=O) groups excluding carboxylic acids is 2. The van der Waals surface area contributed by atoms with Crippen LogP contribution in [0.1, 0.15) is 26.3 Å². The highest BCUT2D eigenvalue weighted by Gasteiger charge is 2.11. The summed E-state index contributed by atoms with van der Waals surface area (Å²) in [5.41, 5.74) is 3.23. The van der Waals surface area contributed by atoms with Crippen molar-refractivity contribution in [3.8, 4) is 5.75 Å². The number of rotatable bonds is 5. The molecule has 0 aromatic heterocycles. The van der Waals surface area contributed by atoms with Crippen LogP contribution in [-0.2, 0) is 0 Å². The molecule has 3 aromatic carbocycles. The lowest BCUT2D eigenvalue weighted by atomic mass is 10.1. The van der Waals surface area contributed by atoms with Crippen LogP contribution in [0.15, 0.2) is 66.7 Å². The lowest BCUT2D eigenvalue weighted by Crippen LogP contribution is -2.14. The third-order valence-electron chi connectivity index (χ3n) is 4.09. The number of ether oxygens (including phenoxy) is 1. The predicted octanol–water partition coefficient (Wildman–Crippen LogP) is 5.16. The fourth-order valence-corrected chi connectivity index (χ4v) is 2.90. The van der Waals surface area contributed by atoms with Crippen molar-refractivity contribution in [2.45, 2.75) is 6.92 Å². The minimum atomic E-state index is -0.299. The molecule has 0 heterocycles. The van der Waals surface area contributed by atoms with Gasteiger partial charge in [-0.05, 0) is 67.1 Å². The van der Waals surface area contributed by atoms with Gasteiger partial charge in [0.15, 0.2) is 0 Å². The molecule has 5 nitrogen and oxygen atoms in total. The smallest absolute Gasteiger partial charge is 0.255 e. The second-order valence-corrected chi connectivity index (χ2v) is 6.61. The maximum Gasteiger partial charge on any atom is 0.255 e. The summed E-state index contributed by atoms with van der Waals surface area (Å²) in [6, 6.07) is 19.0. The van der Waals surface area contributed by atoms with Crippen LogP contribution in [0.5, 0.6) is 5.75 Å². The van der Waals surface area contributed by atoms with Crippen molar-refractivity contribution >= 4 is 34.8 Å². The number of methoxy groups -OCH3 is 1. The van der Waals surface area contributed by atoms with Gasteiger partial charge in [0.2, 0.25) is 0 Å². The predicted molar refractivity (Wildman–Crippen MR) is 112 cm³/mol. The molecule has 0 unspecified atom stereocenters. The molecule has 0 radical (unpaired) electrons. The molecular weight excluding hydrogens is 376 g/mol. The molecule has 0 atom stereocenters. The van der Waals surface area contributed by atoms with Gasteiger partial charge in [0.05, 0.1) is 12.1 Å². The lowest BCUT2D eigenvalue weighted by molar-refractivity contribution is 0.101. The average Bonchev–Trinajstić information content (AvgIpc) is 2.68. The van der Waals surface area contributed by atoms with Crippen LogP contribution in [-0.4, -0.2) is 18.9 Å². The zero-order valence-electron chi connectivity index (χ0n) is 15.5. The van der Waals surface area contributed by atoms with E-state index >= 15 is 0 Å². The molecule has 28 heavy (non-hydrogen) atoms. The molecule has 0 aliphatic heterocycles. The van der Waals surface area contributed by atoms with Crippen LogP contribution < -0.4 is 15.4 Å². The van der Waals surface area contributed by atoms with Gasteiger partial charge in [-0.15, -0.1) is 0 Å². The summed E-state index contributed by atoms with van der Waals surface area (Å²) in [6.45, 7) is 1.96. The Kier molecular flexibility index (Phi) is 5.96. The number of hydrogen-bond donors (Lipinski definition) is 2. The molecular formula is C22H19ClN2O3. The Morgan fingerprint density at radius 2 is 1.39 bits per heavy atom. The molecule has 142 valence electrons. The fraction of sp³-hybridized carbons (Fsp3) is 0.0909. The Balaban J connectivity index is 1.67. The highest BCUT2D eigenvalue weighted by atomic mass is 35.5. The molecule has 2 amide bonds. The van der Waals surface area contributed by atoms with E-state index in [0.717, 1.165) is 11.3 Å². The third kappa shape index (κ3) is 4.69. The summed E-state index contributed by atoms with van der Waals surface area (Å²) in [5.74, 6) is -0.00462. The Labute approximate surface area is 168 Å². The van der Waals surface area contributed by atoms with Crippen molar-refractivity contribution in [1.29, 1.82) is 0 Å². The Bertz CT molecular complexity index is 1020. The number of nitrogens with one attached hydrogen (secondary N) is 2. The standard InChI is InChI=1S/C22H19ClN2O3/c1-14-4-3-5-17(12-14)24-21(26)15-6-8-16(9-7-15)22(27)25-18-10-11-20(28-2)19(23)13-18/h3-13H,1-2H3,(H,24,26)(H,25,27). The van der Waals surface area contributed by atoms with E-state index in [-0.39, 0.29) is 11.8 Å². The first-order valence-corrected chi connectivity index (χ1v) is 8.97. The van der Waals surface area contributed by atoms with Gasteiger partial charge in [-0.1, -0.05) is 23.7 Å². The van der Waals surface area contributed by atoms with Gasteiger partial charge in [-0.25, -0.2) is 0 Å². The highest BCUT2D eigenvalue weighted by molar-refractivity contribution is 6.32. The van der Waals surface area contributed by atoms with Gasteiger partial charge >= 0.3 is 0 Å². The average molecular weight is 395 g/mol. The topological polar surface area (TPSA) is 67.4 Å². The van der Waals surface area contributed by atoms with Crippen molar-refractivity contribution in [1.82, 2.24) is 0 Å². The van der Waals surface area contributed by atoms with Crippen molar-refractivity contribution in [3.63, 3.8) is 0 Å². The van der Waals surface area contributed by atoms with Crippen LogP contribution in [0.25, 0.3) is 0 Å². The van der Waals surface area contributed by atoms with Crippen LogP contribution >= 0.6 is 11.6 Å². The monoisotopic (exact) mass is 394 g/mol. The highest BCUT2D eigenvalue weighted by Crippen LogP contribution is 2.27. The molecule has 0 spiro atoms. The second kappa shape index (κ2) is 8.59. The summed E-state index contributed by atoms with van der Waals surface area (Å²) in [4.78, 5) is 24.8. The molecule has 0 aliphatic carbocycles. The summed E-state index contributed by atoms with van der Waals surface area (Å²) >= 11 is 6.07. The molecule has 0 aliphatic rings. The second-order valence-electron chi connectivity index (χ2n) is 6.20. The number of amides is 2. The van der Waals surface area contributed by atoms with Gasteiger partial charge in [-0.3, -0.25) is 9.59 Å². The molecule has 0 saturated heterocycles. The molecule has 0 saturated carbocycles. The largest absolute Gasteiger partial charge is 0.495 e. The summed E-state index contributed by atoms with van der Waals surface area (Å²) in [6.07, 6.45) is 0. The lowest BCUT2D eigenvalue weighted by Gasteiger charge is -2.09. The van der Waals surface area contributed by atoms with Crippen molar-refractivity contribution in [2.75, 3.05) is 17.7 Å². The quantitative estimate of drug-likeness (QED) is 0.628. The van der Waals surface area contributed by atoms with E-state index in [1.807, 2.05) is 31.2 Å². The zero-order chi connectivity index (χ0) is 20.1. The number of carbonyl (C=O) groups is 2. The Morgan fingerprint density at radius 3 is 1.89 bits per heavy atom. The van der Waals surface area contributed by atoms with E-state index < -0.39 is 0 Å². The first-order valence-electron chi connectivity index (χ1n) is 8.59. The molecule has 3 rings (SSSR count). The molecule has 2 N–H and O–H groups in total. The van der Waals surface area contributed by atoms with E-state index in [1.54, 1.807) is 42.5 Å². The Morgan fingerprint density at radius 1 is 0.821 bits per heavy atom. The first-order chi connectivity index (χ1) is 13.5. The van der Waals surface area contributed by atoms with Gasteiger partial charge in [0.25, 0.3) is 11.8 Å². The molecule has 3 aromatic rings. The number of anilines is 2. The van der Waals surface area contributed by atoms with E-state index in [9.17, 15) is 9.59 Å². The first kappa shape index (κ1) is 19.5.